The van der Waals surface area contributed by atoms with Gasteiger partial charge >= 0.3 is 6.18 Å². The van der Waals surface area contributed by atoms with Crippen LogP contribution in [0.1, 0.15) is 16.4 Å². The number of amides is 1. The number of alkyl halides is 3. The summed E-state index contributed by atoms with van der Waals surface area (Å²) < 4.78 is 39.9. The lowest BCUT2D eigenvalue weighted by atomic mass is 10.1. The van der Waals surface area contributed by atoms with Crippen molar-refractivity contribution in [1.82, 2.24) is 0 Å². The third-order valence-electron chi connectivity index (χ3n) is 3.93. The summed E-state index contributed by atoms with van der Waals surface area (Å²) in [6.45, 7) is 0. The summed E-state index contributed by atoms with van der Waals surface area (Å²) in [5, 5.41) is 12.0. The van der Waals surface area contributed by atoms with Crippen LogP contribution in [0.4, 0.5) is 18.9 Å². The van der Waals surface area contributed by atoms with Crippen molar-refractivity contribution in [2.75, 3.05) is 5.32 Å². The van der Waals surface area contributed by atoms with Crippen molar-refractivity contribution in [2.24, 2.45) is 0 Å². The molecule has 3 rings (SSSR count). The molecule has 0 saturated heterocycles. The molecule has 3 aromatic rings. The average Bonchev–Trinajstić information content (AvgIpc) is 2.68. The number of thioether (sulfide) groups is 1. The number of carbonyl (C=O) groups is 1. The standard InChI is InChI=1S/C20H14ClF3N2O2S/c21-15-10-9-14(20(22,23)24)12-16(15)25-19(27)18(13-6-2-1-3-7-13)29-17-8-4-5-11-26(17)28/h1-12,18H,(H-,25,27,28)/p+1. The Morgan fingerprint density at radius 2 is 1.76 bits per heavy atom. The van der Waals surface area contributed by atoms with Crippen LogP contribution in [0, 0.1) is 0 Å². The highest BCUT2D eigenvalue weighted by Crippen LogP contribution is 2.37. The second-order valence-corrected chi connectivity index (χ2v) is 7.51. The van der Waals surface area contributed by atoms with Gasteiger partial charge in [0.05, 0.1) is 16.3 Å². The first-order valence-corrected chi connectivity index (χ1v) is 9.60. The van der Waals surface area contributed by atoms with Gasteiger partial charge in [0, 0.05) is 16.9 Å². The molecular weight excluding hydrogens is 425 g/mol. The van der Waals surface area contributed by atoms with Crippen molar-refractivity contribution in [3.05, 3.63) is 89.1 Å². The fraction of sp³-hybridized carbons (Fsp3) is 0.100. The van der Waals surface area contributed by atoms with Crippen LogP contribution >= 0.6 is 23.4 Å². The summed E-state index contributed by atoms with van der Waals surface area (Å²) in [7, 11) is 0. The molecule has 1 aromatic heterocycles. The third-order valence-corrected chi connectivity index (χ3v) is 5.55. The first kappa shape index (κ1) is 21.0. The van der Waals surface area contributed by atoms with E-state index in [1.165, 1.54) is 6.20 Å². The molecular formula is C20H15ClF3N2O2S+. The van der Waals surface area contributed by atoms with Crippen molar-refractivity contribution >= 4 is 35.0 Å². The van der Waals surface area contributed by atoms with E-state index in [0.29, 0.717) is 10.6 Å². The lowest BCUT2D eigenvalue weighted by molar-refractivity contribution is -0.932. The molecule has 0 fully saturated rings. The molecule has 0 aliphatic carbocycles. The molecule has 9 heteroatoms. The molecule has 0 aliphatic heterocycles. The van der Waals surface area contributed by atoms with Crippen molar-refractivity contribution in [2.45, 2.75) is 16.5 Å². The summed E-state index contributed by atoms with van der Waals surface area (Å²) in [6, 6.07) is 16.4. The maximum absolute atomic E-state index is 13.0. The van der Waals surface area contributed by atoms with Crippen molar-refractivity contribution in [3.8, 4) is 0 Å². The van der Waals surface area contributed by atoms with Crippen molar-refractivity contribution in [3.63, 3.8) is 0 Å². The van der Waals surface area contributed by atoms with Crippen LogP contribution in [-0.4, -0.2) is 11.1 Å². The van der Waals surface area contributed by atoms with E-state index < -0.39 is 22.9 Å². The first-order chi connectivity index (χ1) is 13.8. The Bertz CT molecular complexity index is 1020. The molecule has 1 amide bonds. The highest BCUT2D eigenvalue weighted by Gasteiger charge is 2.32. The predicted molar refractivity (Wildman–Crippen MR) is 104 cm³/mol. The van der Waals surface area contributed by atoms with Gasteiger partial charge in [0.1, 0.15) is 5.25 Å². The van der Waals surface area contributed by atoms with Gasteiger partial charge in [-0.2, -0.15) is 13.2 Å². The molecule has 0 radical (unpaired) electrons. The van der Waals surface area contributed by atoms with Crippen molar-refractivity contribution in [1.29, 1.82) is 0 Å². The fourth-order valence-corrected chi connectivity index (χ4v) is 3.72. The second kappa shape index (κ2) is 8.75. The second-order valence-electron chi connectivity index (χ2n) is 5.97. The highest BCUT2D eigenvalue weighted by molar-refractivity contribution is 8.00. The van der Waals surface area contributed by atoms with E-state index in [0.717, 1.165) is 34.7 Å². The fourth-order valence-electron chi connectivity index (χ4n) is 2.53. The number of anilines is 1. The number of nitrogens with zero attached hydrogens (tertiary/aromatic N) is 1. The minimum atomic E-state index is -4.57. The number of rotatable bonds is 5. The Morgan fingerprint density at radius 3 is 2.41 bits per heavy atom. The molecule has 1 heterocycles. The maximum atomic E-state index is 13.0. The van der Waals surface area contributed by atoms with Crippen LogP contribution in [0.25, 0.3) is 0 Å². The number of benzene rings is 2. The summed E-state index contributed by atoms with van der Waals surface area (Å²) >= 11 is 7.04. The van der Waals surface area contributed by atoms with Gasteiger partial charge in [-0.1, -0.05) is 41.9 Å². The van der Waals surface area contributed by atoms with Gasteiger partial charge in [0.25, 0.3) is 5.03 Å². The zero-order valence-corrected chi connectivity index (χ0v) is 16.3. The smallest absolute Gasteiger partial charge is 0.323 e. The Kier molecular flexibility index (Phi) is 6.34. The molecule has 150 valence electrons. The maximum Gasteiger partial charge on any atom is 0.416 e. The van der Waals surface area contributed by atoms with Gasteiger partial charge in [-0.15, -0.1) is 0 Å². The van der Waals surface area contributed by atoms with E-state index in [9.17, 15) is 23.2 Å². The Balaban J connectivity index is 1.93. The summed E-state index contributed by atoms with van der Waals surface area (Å²) in [6.07, 6.45) is -3.16. The van der Waals surface area contributed by atoms with Gasteiger partial charge in [-0.3, -0.25) is 10.0 Å². The van der Waals surface area contributed by atoms with Gasteiger partial charge in [0.2, 0.25) is 12.1 Å². The third kappa shape index (κ3) is 5.21. The molecule has 29 heavy (non-hydrogen) atoms. The van der Waals surface area contributed by atoms with Crippen LogP contribution in [0.15, 0.2) is 78.0 Å². The van der Waals surface area contributed by atoms with Crippen LogP contribution in [0.2, 0.25) is 5.02 Å². The molecule has 0 bridgehead atoms. The van der Waals surface area contributed by atoms with E-state index in [4.69, 9.17) is 11.6 Å². The zero-order chi connectivity index (χ0) is 21.0. The SMILES string of the molecule is O=C(Nc1cc(C(F)(F)F)ccc1Cl)C(Sc1cccc[n+]1O)c1ccccc1. The lowest BCUT2D eigenvalue weighted by Crippen LogP contribution is -2.32. The molecule has 1 atom stereocenters. The predicted octanol–water partition coefficient (Wildman–Crippen LogP) is 5.36. The summed E-state index contributed by atoms with van der Waals surface area (Å²) in [4.78, 5) is 13.0. The van der Waals surface area contributed by atoms with Crippen LogP contribution in [0.3, 0.4) is 0 Å². The lowest BCUT2D eigenvalue weighted by Gasteiger charge is -2.17. The van der Waals surface area contributed by atoms with Gasteiger partial charge in [-0.25, -0.2) is 0 Å². The van der Waals surface area contributed by atoms with Crippen LogP contribution in [-0.2, 0) is 11.0 Å². The number of hydrogen-bond acceptors (Lipinski definition) is 3. The normalized spacial score (nSPS) is 12.4. The van der Waals surface area contributed by atoms with E-state index in [-0.39, 0.29) is 10.7 Å². The van der Waals surface area contributed by atoms with Crippen LogP contribution in [0.5, 0.6) is 0 Å². The average molecular weight is 440 g/mol. The molecule has 4 nitrogen and oxygen atoms in total. The van der Waals surface area contributed by atoms with E-state index in [2.05, 4.69) is 5.32 Å². The van der Waals surface area contributed by atoms with Crippen molar-refractivity contribution < 1.29 is 27.9 Å². The molecule has 0 saturated carbocycles. The quantitative estimate of drug-likeness (QED) is 0.320. The van der Waals surface area contributed by atoms with Crippen LogP contribution < -0.4 is 10.0 Å². The Morgan fingerprint density at radius 1 is 1.07 bits per heavy atom. The first-order valence-electron chi connectivity index (χ1n) is 8.35. The van der Waals surface area contributed by atoms with Gasteiger partial charge in [0.15, 0.2) is 0 Å². The molecule has 2 aromatic carbocycles. The molecule has 1 unspecified atom stereocenters. The van der Waals surface area contributed by atoms with Gasteiger partial charge in [-0.05, 0) is 41.6 Å². The van der Waals surface area contributed by atoms with E-state index in [1.807, 2.05) is 0 Å². The number of pyridine rings is 1. The number of hydrogen-bond donors (Lipinski definition) is 2. The highest BCUT2D eigenvalue weighted by atomic mass is 35.5. The summed E-state index contributed by atoms with van der Waals surface area (Å²) in [5.74, 6) is -0.578. The number of halogens is 4. The zero-order valence-electron chi connectivity index (χ0n) is 14.7. The molecule has 0 spiro atoms. The minimum absolute atomic E-state index is 0.0138. The van der Waals surface area contributed by atoms with Gasteiger partial charge < -0.3 is 5.32 Å². The monoisotopic (exact) mass is 439 g/mol. The number of nitrogens with one attached hydrogen (secondary N) is 1. The largest absolute Gasteiger partial charge is 0.416 e. The molecule has 0 aliphatic rings. The number of carbonyl (C=O) groups excluding carboxylic acids is 1. The summed E-state index contributed by atoms with van der Waals surface area (Å²) in [5.41, 5.74) is -0.447. The van der Waals surface area contributed by atoms with E-state index >= 15 is 0 Å². The minimum Gasteiger partial charge on any atom is -0.323 e. The number of aromatic nitrogens is 1. The van der Waals surface area contributed by atoms with E-state index in [1.54, 1.807) is 48.5 Å². The Hall–Kier alpha value is -2.71. The molecule has 2 N–H and O–H groups in total. The topological polar surface area (TPSA) is 53.2 Å². The Labute approximate surface area is 173 Å².